The summed E-state index contributed by atoms with van der Waals surface area (Å²) in [6.45, 7) is 1.68. The molecule has 6 heteroatoms. The van der Waals surface area contributed by atoms with Gasteiger partial charge in [-0.05, 0) is 19.1 Å². The summed E-state index contributed by atoms with van der Waals surface area (Å²) in [7, 11) is 0. The second kappa shape index (κ2) is 5.58. The molecule has 0 saturated carbocycles. The first-order valence-electron chi connectivity index (χ1n) is 5.13. The summed E-state index contributed by atoms with van der Waals surface area (Å²) in [6, 6.07) is 2.97. The minimum Gasteiger partial charge on any atom is -0.293 e. The van der Waals surface area contributed by atoms with E-state index in [1.165, 1.54) is 29.2 Å². The molecule has 0 fully saturated rings. The van der Waals surface area contributed by atoms with Crippen LogP contribution >= 0.6 is 23.1 Å². The van der Waals surface area contributed by atoms with Gasteiger partial charge in [-0.1, -0.05) is 11.8 Å². The van der Waals surface area contributed by atoms with Crippen LogP contribution in [0.4, 0.5) is 8.78 Å². The average Bonchev–Trinajstić information content (AvgIpc) is 2.81. The Hall–Kier alpha value is -1.27. The van der Waals surface area contributed by atoms with Gasteiger partial charge in [0.2, 0.25) is 0 Å². The van der Waals surface area contributed by atoms with Crippen molar-refractivity contribution in [2.24, 2.45) is 0 Å². The second-order valence-corrected chi connectivity index (χ2v) is 6.03. The third kappa shape index (κ3) is 2.94. The highest BCUT2D eigenvalue weighted by molar-refractivity contribution is 8.02. The molecule has 0 saturated heterocycles. The first-order chi connectivity index (χ1) is 8.58. The summed E-state index contributed by atoms with van der Waals surface area (Å²) in [6.07, 6.45) is 1.64. The van der Waals surface area contributed by atoms with E-state index in [2.05, 4.69) is 4.98 Å². The fourth-order valence-electron chi connectivity index (χ4n) is 1.38. The van der Waals surface area contributed by atoms with Gasteiger partial charge < -0.3 is 0 Å². The van der Waals surface area contributed by atoms with Crippen LogP contribution in [-0.4, -0.2) is 16.0 Å². The Morgan fingerprint density at radius 3 is 2.83 bits per heavy atom. The maximum atomic E-state index is 13.5. The van der Waals surface area contributed by atoms with Crippen LogP contribution in [0, 0.1) is 11.6 Å². The van der Waals surface area contributed by atoms with Crippen LogP contribution in [0.5, 0.6) is 0 Å². The first kappa shape index (κ1) is 13.2. The molecule has 2 rings (SSSR count). The van der Waals surface area contributed by atoms with Gasteiger partial charge in [0.15, 0.2) is 5.78 Å². The van der Waals surface area contributed by atoms with Gasteiger partial charge in [-0.3, -0.25) is 4.79 Å². The van der Waals surface area contributed by atoms with E-state index in [0.717, 1.165) is 10.4 Å². The van der Waals surface area contributed by atoms with Crippen molar-refractivity contribution < 1.29 is 13.6 Å². The molecule has 1 atom stereocenters. The highest BCUT2D eigenvalue weighted by Crippen LogP contribution is 2.27. The molecule has 94 valence electrons. The summed E-state index contributed by atoms with van der Waals surface area (Å²) in [5.41, 5.74) is -0.0899. The lowest BCUT2D eigenvalue weighted by molar-refractivity contribution is 0.0990. The van der Waals surface area contributed by atoms with Crippen LogP contribution in [0.1, 0.15) is 17.3 Å². The fraction of sp³-hybridized carbons (Fsp3) is 0.167. The molecule has 0 amide bonds. The zero-order valence-electron chi connectivity index (χ0n) is 9.39. The van der Waals surface area contributed by atoms with Gasteiger partial charge in [0.25, 0.3) is 0 Å². The molecule has 0 spiro atoms. The molecule has 0 bridgehead atoms. The molecule has 0 aliphatic carbocycles. The van der Waals surface area contributed by atoms with Crippen molar-refractivity contribution in [3.05, 3.63) is 47.0 Å². The smallest absolute Gasteiger partial charge is 0.178 e. The quantitative estimate of drug-likeness (QED) is 0.632. The third-order valence-electron chi connectivity index (χ3n) is 2.25. The van der Waals surface area contributed by atoms with Gasteiger partial charge >= 0.3 is 0 Å². The van der Waals surface area contributed by atoms with E-state index in [1.807, 2.05) is 0 Å². The van der Waals surface area contributed by atoms with Gasteiger partial charge in [0.05, 0.1) is 10.8 Å². The maximum Gasteiger partial charge on any atom is 0.178 e. The molecular weight excluding hydrogens is 276 g/mol. The van der Waals surface area contributed by atoms with Crippen molar-refractivity contribution in [3.63, 3.8) is 0 Å². The lowest BCUT2D eigenvalue weighted by Crippen LogP contribution is -2.15. The number of carbonyl (C=O) groups excluding carboxylic acids is 1. The number of carbonyl (C=O) groups is 1. The van der Waals surface area contributed by atoms with E-state index in [-0.39, 0.29) is 11.3 Å². The molecule has 2 nitrogen and oxygen atoms in total. The lowest BCUT2D eigenvalue weighted by Gasteiger charge is -2.08. The van der Waals surface area contributed by atoms with Gasteiger partial charge in [0, 0.05) is 17.6 Å². The monoisotopic (exact) mass is 285 g/mol. The van der Waals surface area contributed by atoms with Crippen molar-refractivity contribution >= 4 is 28.9 Å². The number of aromatic nitrogens is 1. The molecular formula is C12H9F2NOS2. The Kier molecular flexibility index (Phi) is 4.08. The van der Waals surface area contributed by atoms with Crippen LogP contribution in [0.3, 0.4) is 0 Å². The van der Waals surface area contributed by atoms with E-state index in [4.69, 9.17) is 0 Å². The van der Waals surface area contributed by atoms with Gasteiger partial charge in [-0.25, -0.2) is 13.8 Å². The summed E-state index contributed by atoms with van der Waals surface area (Å²) >= 11 is 2.68. The third-order valence-corrected chi connectivity index (χ3v) is 4.27. The van der Waals surface area contributed by atoms with Crippen molar-refractivity contribution in [2.45, 2.75) is 16.5 Å². The summed E-state index contributed by atoms with van der Waals surface area (Å²) in [4.78, 5) is 16.0. The highest BCUT2D eigenvalue weighted by Gasteiger charge is 2.20. The predicted molar refractivity (Wildman–Crippen MR) is 68.1 cm³/mol. The van der Waals surface area contributed by atoms with E-state index in [1.54, 1.807) is 18.5 Å². The number of thioether (sulfide) groups is 1. The molecule has 1 heterocycles. The summed E-state index contributed by atoms with van der Waals surface area (Å²) < 4.78 is 27.0. The Bertz CT molecular complexity index is 557. The number of halogens is 2. The fourth-order valence-corrected chi connectivity index (χ4v) is 3.22. The molecule has 18 heavy (non-hydrogen) atoms. The molecule has 1 aromatic heterocycles. The highest BCUT2D eigenvalue weighted by atomic mass is 32.2. The largest absolute Gasteiger partial charge is 0.293 e. The summed E-state index contributed by atoms with van der Waals surface area (Å²) in [5.74, 6) is -1.89. The predicted octanol–water partition coefficient (Wildman–Crippen LogP) is 3.78. The molecule has 0 radical (unpaired) electrons. The Balaban J connectivity index is 2.15. The minimum atomic E-state index is -0.827. The molecule has 1 unspecified atom stereocenters. The molecule has 2 aromatic rings. The van der Waals surface area contributed by atoms with Crippen LogP contribution in [0.15, 0.2) is 34.1 Å². The zero-order chi connectivity index (χ0) is 13.1. The first-order valence-corrected chi connectivity index (χ1v) is 6.89. The SMILES string of the molecule is CC(Sc1nccs1)C(=O)c1ccc(F)cc1F. The number of benzene rings is 1. The summed E-state index contributed by atoms with van der Waals surface area (Å²) in [5, 5.41) is 1.34. The minimum absolute atomic E-state index is 0.0899. The van der Waals surface area contributed by atoms with Crippen molar-refractivity contribution in [2.75, 3.05) is 0 Å². The lowest BCUT2D eigenvalue weighted by atomic mass is 10.1. The van der Waals surface area contributed by atoms with Gasteiger partial charge in [-0.2, -0.15) is 0 Å². The van der Waals surface area contributed by atoms with E-state index < -0.39 is 16.9 Å². The van der Waals surface area contributed by atoms with Gasteiger partial charge in [0.1, 0.15) is 16.0 Å². The molecule has 0 aliphatic rings. The maximum absolute atomic E-state index is 13.5. The number of hydrogen-bond donors (Lipinski definition) is 0. The number of thiazole rings is 1. The Morgan fingerprint density at radius 2 is 2.22 bits per heavy atom. The van der Waals surface area contributed by atoms with Crippen molar-refractivity contribution in [1.29, 1.82) is 0 Å². The molecule has 0 aliphatic heterocycles. The molecule has 1 aromatic carbocycles. The molecule has 0 N–H and O–H groups in total. The number of rotatable bonds is 4. The van der Waals surface area contributed by atoms with E-state index >= 15 is 0 Å². The normalized spacial score (nSPS) is 12.4. The number of nitrogens with zero attached hydrogens (tertiary/aromatic N) is 1. The Labute approximate surface area is 111 Å². The van der Waals surface area contributed by atoms with Crippen LogP contribution in [0.2, 0.25) is 0 Å². The van der Waals surface area contributed by atoms with Crippen LogP contribution in [0.25, 0.3) is 0 Å². The zero-order valence-corrected chi connectivity index (χ0v) is 11.0. The topological polar surface area (TPSA) is 30.0 Å². The van der Waals surface area contributed by atoms with E-state index in [0.29, 0.717) is 6.07 Å². The van der Waals surface area contributed by atoms with Crippen LogP contribution < -0.4 is 0 Å². The standard InChI is InChI=1S/C12H9F2NOS2/c1-7(18-12-15-4-5-17-12)11(16)9-3-2-8(13)6-10(9)14/h2-7H,1H3. The number of ketones is 1. The number of Topliss-reactive ketones (excluding diaryl/α,β-unsaturated/α-hetero) is 1. The van der Waals surface area contributed by atoms with Crippen molar-refractivity contribution in [3.8, 4) is 0 Å². The van der Waals surface area contributed by atoms with Crippen molar-refractivity contribution in [1.82, 2.24) is 4.98 Å². The van der Waals surface area contributed by atoms with Gasteiger partial charge in [-0.15, -0.1) is 11.3 Å². The Morgan fingerprint density at radius 1 is 1.44 bits per heavy atom. The second-order valence-electron chi connectivity index (χ2n) is 3.55. The average molecular weight is 285 g/mol. The van der Waals surface area contributed by atoms with Crippen LogP contribution in [-0.2, 0) is 0 Å². The van der Waals surface area contributed by atoms with E-state index in [9.17, 15) is 13.6 Å². The number of hydrogen-bond acceptors (Lipinski definition) is 4.